The number of nitrogens with zero attached hydrogens (tertiary/aromatic N) is 3. The maximum absolute atomic E-state index is 13.8. The summed E-state index contributed by atoms with van der Waals surface area (Å²) in [7, 11) is 1.47. The number of benzene rings is 2. The van der Waals surface area contributed by atoms with Gasteiger partial charge in [0, 0.05) is 9.86 Å². The maximum Gasteiger partial charge on any atom is 0.437 e. The number of hydrogen-bond acceptors (Lipinski definition) is 4. The molecule has 0 spiro atoms. The molecule has 0 saturated heterocycles. The van der Waals surface area contributed by atoms with E-state index in [1.165, 1.54) is 32.2 Å². The average Bonchev–Trinajstić information content (AvgIpc) is 3.13. The lowest BCUT2D eigenvalue weighted by atomic mass is 10.1. The summed E-state index contributed by atoms with van der Waals surface area (Å²) >= 11 is 3.18. The predicted molar refractivity (Wildman–Crippen MR) is 126 cm³/mol. The number of pyridine rings is 1. The van der Waals surface area contributed by atoms with Crippen LogP contribution in [0.25, 0.3) is 10.9 Å². The second kappa shape index (κ2) is 9.69. The Balaban J connectivity index is 1.77. The molecule has 0 radical (unpaired) electrons. The van der Waals surface area contributed by atoms with Crippen molar-refractivity contribution in [3.05, 3.63) is 81.2 Å². The van der Waals surface area contributed by atoms with E-state index in [1.807, 2.05) is 0 Å². The van der Waals surface area contributed by atoms with E-state index in [-0.39, 0.29) is 23.1 Å². The normalized spacial score (nSPS) is 12.1. The summed E-state index contributed by atoms with van der Waals surface area (Å²) in [6.07, 6.45) is -9.83. The maximum atomic E-state index is 13.8. The molecule has 0 aliphatic carbocycles. The van der Waals surface area contributed by atoms with Crippen LogP contribution >= 0.6 is 15.9 Å². The Morgan fingerprint density at radius 2 is 1.70 bits per heavy atom. The highest BCUT2D eigenvalue weighted by molar-refractivity contribution is 9.10. The number of aromatic nitrogens is 3. The van der Waals surface area contributed by atoms with Gasteiger partial charge in [0.2, 0.25) is 0 Å². The van der Waals surface area contributed by atoms with Crippen molar-refractivity contribution in [1.82, 2.24) is 14.8 Å². The van der Waals surface area contributed by atoms with Crippen LogP contribution in [0.3, 0.4) is 0 Å². The number of methoxy groups -OCH3 is 1. The van der Waals surface area contributed by atoms with Gasteiger partial charge in [-0.1, -0.05) is 28.1 Å². The lowest BCUT2D eigenvalue weighted by Crippen LogP contribution is -2.18. The monoisotopic (exact) mass is 586 g/mol. The number of carbonyl (C=O) groups excluding carboxylic acids is 1. The predicted octanol–water partition coefficient (Wildman–Crippen LogP) is 6.85. The Kier molecular flexibility index (Phi) is 6.93. The average molecular weight is 587 g/mol. The van der Waals surface area contributed by atoms with Gasteiger partial charge in [-0.15, -0.1) is 0 Å². The molecule has 0 fully saturated rings. The van der Waals surface area contributed by atoms with Gasteiger partial charge in [-0.3, -0.25) is 9.48 Å². The van der Waals surface area contributed by atoms with E-state index in [0.717, 1.165) is 4.68 Å². The number of fused-ring (bicyclic) bond motifs is 1. The van der Waals surface area contributed by atoms with E-state index in [4.69, 9.17) is 4.74 Å². The van der Waals surface area contributed by atoms with Crippen molar-refractivity contribution in [1.29, 1.82) is 0 Å². The van der Waals surface area contributed by atoms with E-state index in [0.29, 0.717) is 21.9 Å². The summed E-state index contributed by atoms with van der Waals surface area (Å²) in [4.78, 5) is 16.7. The van der Waals surface area contributed by atoms with Gasteiger partial charge in [-0.25, -0.2) is 4.98 Å². The van der Waals surface area contributed by atoms with Crippen molar-refractivity contribution in [2.45, 2.75) is 25.8 Å². The van der Waals surface area contributed by atoms with E-state index in [9.17, 15) is 31.1 Å². The molecule has 37 heavy (non-hydrogen) atoms. The van der Waals surface area contributed by atoms with Crippen LogP contribution in [-0.2, 0) is 18.9 Å². The summed E-state index contributed by atoms with van der Waals surface area (Å²) in [6, 6.07) is 11.1. The number of nitrogens with one attached hydrogen (secondary N) is 1. The lowest BCUT2D eigenvalue weighted by Gasteiger charge is -2.13. The number of amides is 1. The minimum absolute atomic E-state index is 0.0247. The Morgan fingerprint density at radius 3 is 2.30 bits per heavy atom. The van der Waals surface area contributed by atoms with Crippen molar-refractivity contribution >= 4 is 38.4 Å². The number of anilines is 1. The second-order valence-corrected chi connectivity index (χ2v) is 8.90. The molecular formula is C24H17BrF6N4O2. The fraction of sp³-hybridized carbons (Fsp3) is 0.208. The van der Waals surface area contributed by atoms with E-state index in [1.54, 1.807) is 24.3 Å². The van der Waals surface area contributed by atoms with Crippen LogP contribution in [-0.4, -0.2) is 27.8 Å². The highest BCUT2D eigenvalue weighted by atomic mass is 79.9. The van der Waals surface area contributed by atoms with E-state index < -0.39 is 40.9 Å². The topological polar surface area (TPSA) is 69.0 Å². The minimum atomic E-state index is -4.95. The fourth-order valence-corrected chi connectivity index (χ4v) is 4.03. The minimum Gasteiger partial charge on any atom is -0.497 e. The molecular weight excluding hydrogens is 570 g/mol. The van der Waals surface area contributed by atoms with Crippen LogP contribution in [0.5, 0.6) is 5.75 Å². The molecule has 4 rings (SSSR count). The van der Waals surface area contributed by atoms with Gasteiger partial charge in [0.25, 0.3) is 5.91 Å². The van der Waals surface area contributed by atoms with Gasteiger partial charge in [-0.05, 0) is 48.9 Å². The lowest BCUT2D eigenvalue weighted by molar-refractivity contribution is -0.141. The Hall–Kier alpha value is -3.61. The summed E-state index contributed by atoms with van der Waals surface area (Å²) < 4.78 is 88.4. The molecule has 194 valence electrons. The van der Waals surface area contributed by atoms with Crippen molar-refractivity contribution in [2.75, 3.05) is 12.4 Å². The highest BCUT2D eigenvalue weighted by Gasteiger charge is 2.40. The molecule has 0 bridgehead atoms. The number of alkyl halides is 6. The number of rotatable bonds is 5. The van der Waals surface area contributed by atoms with Crippen LogP contribution in [0.15, 0.2) is 53.0 Å². The zero-order valence-electron chi connectivity index (χ0n) is 19.1. The summed E-state index contributed by atoms with van der Waals surface area (Å²) in [6.45, 7) is 1.27. The van der Waals surface area contributed by atoms with Crippen LogP contribution in [0.2, 0.25) is 0 Å². The van der Waals surface area contributed by atoms with Gasteiger partial charge in [0.05, 0.1) is 36.1 Å². The Bertz CT molecular complexity index is 1480. The molecule has 0 unspecified atom stereocenters. The third-order valence-corrected chi connectivity index (χ3v) is 6.00. The van der Waals surface area contributed by atoms with Crippen molar-refractivity contribution < 1.29 is 35.9 Å². The number of carbonyl (C=O) groups is 1. The molecule has 6 nitrogen and oxygen atoms in total. The largest absolute Gasteiger partial charge is 0.497 e. The number of hydrogen-bond donors (Lipinski definition) is 1. The molecule has 0 atom stereocenters. The van der Waals surface area contributed by atoms with Crippen molar-refractivity contribution in [3.63, 3.8) is 0 Å². The highest BCUT2D eigenvalue weighted by Crippen LogP contribution is 2.37. The van der Waals surface area contributed by atoms with Gasteiger partial charge in [0.1, 0.15) is 11.4 Å². The first kappa shape index (κ1) is 26.5. The molecule has 1 N–H and O–H groups in total. The van der Waals surface area contributed by atoms with E-state index in [2.05, 4.69) is 31.3 Å². The molecule has 4 aromatic rings. The molecule has 1 amide bonds. The van der Waals surface area contributed by atoms with E-state index >= 15 is 0 Å². The smallest absolute Gasteiger partial charge is 0.437 e. The first-order valence-corrected chi connectivity index (χ1v) is 11.3. The SMILES string of the molecule is COc1ccc(Cn2nc(C(F)(F)F)c(NC(=O)c3cc(C(F)(F)F)nc4ccc(Br)cc34)c2C)cc1. The number of ether oxygens (including phenoxy) is 1. The summed E-state index contributed by atoms with van der Waals surface area (Å²) in [5.41, 5.74) is -3.44. The summed E-state index contributed by atoms with van der Waals surface area (Å²) in [5.74, 6) is -0.618. The molecule has 2 heterocycles. The molecule has 2 aromatic carbocycles. The zero-order valence-corrected chi connectivity index (χ0v) is 20.7. The zero-order chi connectivity index (χ0) is 27.1. The molecule has 2 aromatic heterocycles. The quantitative estimate of drug-likeness (QED) is 0.260. The Morgan fingerprint density at radius 1 is 1.03 bits per heavy atom. The van der Waals surface area contributed by atoms with Gasteiger partial charge in [0.15, 0.2) is 5.69 Å². The third-order valence-electron chi connectivity index (χ3n) is 5.51. The standard InChI is InChI=1S/C24H17BrF6N4O2/c1-12-20(21(24(29,30)31)34-35(12)11-13-3-6-15(37-2)7-4-13)33-22(36)17-10-19(23(26,27)28)32-18-8-5-14(25)9-16(17)18/h3-10H,11H2,1-2H3,(H,33,36). The van der Waals surface area contributed by atoms with Crippen LogP contribution in [0.4, 0.5) is 32.0 Å². The fourth-order valence-electron chi connectivity index (χ4n) is 3.66. The molecule has 0 aliphatic heterocycles. The summed E-state index contributed by atoms with van der Waals surface area (Å²) in [5, 5.41) is 5.81. The molecule has 0 saturated carbocycles. The van der Waals surface area contributed by atoms with Crippen LogP contribution < -0.4 is 10.1 Å². The number of halogens is 7. The third kappa shape index (κ3) is 5.55. The Labute approximate surface area is 214 Å². The van der Waals surface area contributed by atoms with Gasteiger partial charge < -0.3 is 10.1 Å². The first-order chi connectivity index (χ1) is 17.3. The van der Waals surface area contributed by atoms with Crippen LogP contribution in [0.1, 0.15) is 33.0 Å². The van der Waals surface area contributed by atoms with Gasteiger partial charge in [-0.2, -0.15) is 31.4 Å². The first-order valence-electron chi connectivity index (χ1n) is 10.5. The van der Waals surface area contributed by atoms with Crippen molar-refractivity contribution in [2.24, 2.45) is 0 Å². The van der Waals surface area contributed by atoms with Crippen LogP contribution in [0, 0.1) is 6.92 Å². The molecule has 13 heteroatoms. The second-order valence-electron chi connectivity index (χ2n) is 7.98. The molecule has 0 aliphatic rings. The van der Waals surface area contributed by atoms with Crippen molar-refractivity contribution in [3.8, 4) is 5.75 Å². The van der Waals surface area contributed by atoms with Gasteiger partial charge >= 0.3 is 12.4 Å².